The second-order valence-electron chi connectivity index (χ2n) is 7.39. The van der Waals surface area contributed by atoms with E-state index in [1.165, 1.54) is 22.7 Å². The van der Waals surface area contributed by atoms with Crippen molar-refractivity contribution in [2.45, 2.75) is 44.8 Å². The second kappa shape index (κ2) is 8.16. The van der Waals surface area contributed by atoms with Crippen LogP contribution in [0.25, 0.3) is 5.65 Å². The zero-order valence-corrected chi connectivity index (χ0v) is 16.2. The third kappa shape index (κ3) is 4.37. The Hall–Kier alpha value is -3.00. The lowest BCUT2D eigenvalue weighted by Gasteiger charge is -2.25. The lowest BCUT2D eigenvalue weighted by atomic mass is 10.0. The second-order valence-corrected chi connectivity index (χ2v) is 7.39. The minimum atomic E-state index is -0.486. The van der Waals surface area contributed by atoms with Gasteiger partial charge >= 0.3 is 0 Å². The van der Waals surface area contributed by atoms with Crippen molar-refractivity contribution in [2.75, 3.05) is 6.61 Å². The predicted octanol–water partition coefficient (Wildman–Crippen LogP) is 2.44. The number of amides is 1. The predicted molar refractivity (Wildman–Crippen MR) is 105 cm³/mol. The standard InChI is InChI=1S/C21H23FN4O3/c1-13-10-19-23-16(12-20(27)26(19)25-13)11-17(14-5-7-15(22)8-6-14)24-21(28)18-4-2-3-9-29-18/h5-8,10,12,17-18,25H,2-4,9,11H2,1H3,(H,24,28)/t17-,18+/m0/s1. The number of carbonyl (C=O) groups excluding carboxylic acids is 1. The van der Waals surface area contributed by atoms with Gasteiger partial charge in [-0.1, -0.05) is 12.1 Å². The van der Waals surface area contributed by atoms with Crippen LogP contribution in [0.4, 0.5) is 4.39 Å². The number of halogens is 1. The highest BCUT2D eigenvalue weighted by Gasteiger charge is 2.25. The number of nitrogens with one attached hydrogen (secondary N) is 2. The van der Waals surface area contributed by atoms with E-state index in [0.717, 1.165) is 24.1 Å². The van der Waals surface area contributed by atoms with Crippen molar-refractivity contribution in [1.82, 2.24) is 19.9 Å². The van der Waals surface area contributed by atoms with Crippen molar-refractivity contribution in [3.63, 3.8) is 0 Å². The van der Waals surface area contributed by atoms with E-state index in [0.29, 0.717) is 30.8 Å². The molecule has 3 heterocycles. The van der Waals surface area contributed by atoms with Crippen molar-refractivity contribution in [2.24, 2.45) is 0 Å². The van der Waals surface area contributed by atoms with E-state index < -0.39 is 12.1 Å². The van der Waals surface area contributed by atoms with Crippen molar-refractivity contribution in [3.05, 3.63) is 69.5 Å². The first kappa shape index (κ1) is 19.3. The van der Waals surface area contributed by atoms with E-state index in [2.05, 4.69) is 15.4 Å². The van der Waals surface area contributed by atoms with Crippen LogP contribution in [0.1, 0.15) is 42.3 Å². The summed E-state index contributed by atoms with van der Waals surface area (Å²) in [7, 11) is 0. The minimum Gasteiger partial charge on any atom is -0.368 e. The van der Waals surface area contributed by atoms with Crippen molar-refractivity contribution >= 4 is 11.6 Å². The molecule has 8 heteroatoms. The van der Waals surface area contributed by atoms with Crippen LogP contribution in [-0.4, -0.2) is 33.2 Å². The third-order valence-electron chi connectivity index (χ3n) is 5.11. The van der Waals surface area contributed by atoms with Crippen molar-refractivity contribution in [3.8, 4) is 0 Å². The molecule has 1 aliphatic heterocycles. The fourth-order valence-corrected chi connectivity index (χ4v) is 3.63. The normalized spacial score (nSPS) is 17.9. The lowest BCUT2D eigenvalue weighted by Crippen LogP contribution is -2.41. The summed E-state index contributed by atoms with van der Waals surface area (Å²) in [5, 5.41) is 5.93. The number of ether oxygens (including phenoxy) is 1. The van der Waals surface area contributed by atoms with Crippen LogP contribution in [0.5, 0.6) is 0 Å². The summed E-state index contributed by atoms with van der Waals surface area (Å²) in [6.45, 7) is 2.42. The van der Waals surface area contributed by atoms with Gasteiger partial charge < -0.3 is 10.1 Å². The fraction of sp³-hybridized carbons (Fsp3) is 0.381. The molecule has 1 fully saturated rings. The van der Waals surface area contributed by atoms with Gasteiger partial charge in [0.1, 0.15) is 11.9 Å². The zero-order valence-electron chi connectivity index (χ0n) is 16.2. The Morgan fingerprint density at radius 3 is 2.86 bits per heavy atom. The Bertz CT molecular complexity index is 1070. The number of hydrogen-bond donors (Lipinski definition) is 2. The first-order valence-electron chi connectivity index (χ1n) is 9.75. The fourth-order valence-electron chi connectivity index (χ4n) is 3.63. The smallest absolute Gasteiger partial charge is 0.272 e. The number of hydrogen-bond acceptors (Lipinski definition) is 4. The molecular formula is C21H23FN4O3. The van der Waals surface area contributed by atoms with E-state index >= 15 is 0 Å². The van der Waals surface area contributed by atoms with E-state index in [9.17, 15) is 14.0 Å². The first-order chi connectivity index (χ1) is 14.0. The summed E-state index contributed by atoms with van der Waals surface area (Å²) in [6, 6.07) is 8.75. The Labute approximate surface area is 166 Å². The maximum absolute atomic E-state index is 13.4. The molecule has 152 valence electrons. The maximum Gasteiger partial charge on any atom is 0.272 e. The first-order valence-corrected chi connectivity index (χ1v) is 9.75. The molecule has 0 saturated carbocycles. The van der Waals surface area contributed by atoms with Gasteiger partial charge in [-0.15, -0.1) is 0 Å². The number of aromatic amines is 1. The molecule has 0 spiro atoms. The molecular weight excluding hydrogens is 375 g/mol. The molecule has 0 radical (unpaired) electrons. The van der Waals surface area contributed by atoms with Crippen molar-refractivity contribution < 1.29 is 13.9 Å². The summed E-state index contributed by atoms with van der Waals surface area (Å²) >= 11 is 0. The van der Waals surface area contributed by atoms with E-state index in [1.807, 2.05) is 6.92 Å². The van der Waals surface area contributed by atoms with Crippen LogP contribution in [-0.2, 0) is 16.0 Å². The number of H-pyrrole nitrogens is 1. The van der Waals surface area contributed by atoms with Crippen LogP contribution in [0.2, 0.25) is 0 Å². The topological polar surface area (TPSA) is 88.5 Å². The summed E-state index contributed by atoms with van der Waals surface area (Å²) in [5.41, 5.74) is 2.41. The summed E-state index contributed by atoms with van der Waals surface area (Å²) in [4.78, 5) is 29.6. The Morgan fingerprint density at radius 2 is 2.14 bits per heavy atom. The molecule has 0 aliphatic carbocycles. The highest BCUT2D eigenvalue weighted by Crippen LogP contribution is 2.20. The molecule has 3 aromatic rings. The molecule has 2 N–H and O–H groups in total. The molecule has 1 aliphatic rings. The number of nitrogens with zero attached hydrogens (tertiary/aromatic N) is 2. The zero-order chi connectivity index (χ0) is 20.4. The van der Waals surface area contributed by atoms with Gasteiger partial charge in [0.15, 0.2) is 5.65 Å². The average molecular weight is 398 g/mol. The van der Waals surface area contributed by atoms with Crippen LogP contribution >= 0.6 is 0 Å². The summed E-state index contributed by atoms with van der Waals surface area (Å²) in [6.07, 6.45) is 2.40. The number of aromatic nitrogens is 3. The molecule has 1 saturated heterocycles. The lowest BCUT2D eigenvalue weighted by molar-refractivity contribution is -0.136. The Balaban J connectivity index is 1.62. The van der Waals surface area contributed by atoms with Gasteiger partial charge in [-0.05, 0) is 43.9 Å². The van der Waals surface area contributed by atoms with Crippen LogP contribution < -0.4 is 10.9 Å². The number of fused-ring (bicyclic) bond motifs is 1. The van der Waals surface area contributed by atoms with Gasteiger partial charge in [0.05, 0.1) is 11.7 Å². The largest absolute Gasteiger partial charge is 0.368 e. The molecule has 0 bridgehead atoms. The molecule has 29 heavy (non-hydrogen) atoms. The minimum absolute atomic E-state index is 0.200. The van der Waals surface area contributed by atoms with E-state index in [4.69, 9.17) is 4.74 Å². The SMILES string of the molecule is Cc1cc2nc(C[C@H](NC(=O)[C@H]3CCCCO3)c3ccc(F)cc3)cc(=O)n2[nH]1. The summed E-state index contributed by atoms with van der Waals surface area (Å²) < 4.78 is 20.3. The molecule has 1 amide bonds. The molecule has 4 rings (SSSR count). The van der Waals surface area contributed by atoms with Crippen molar-refractivity contribution in [1.29, 1.82) is 0 Å². The maximum atomic E-state index is 13.4. The van der Waals surface area contributed by atoms with E-state index in [-0.39, 0.29) is 17.3 Å². The molecule has 7 nitrogen and oxygen atoms in total. The van der Waals surface area contributed by atoms with Gasteiger partial charge in [0.25, 0.3) is 5.56 Å². The van der Waals surface area contributed by atoms with Crippen LogP contribution in [0.3, 0.4) is 0 Å². The van der Waals surface area contributed by atoms with Gasteiger partial charge in [0, 0.05) is 30.9 Å². The van der Waals surface area contributed by atoms with Gasteiger partial charge in [-0.3, -0.25) is 14.7 Å². The summed E-state index contributed by atoms with van der Waals surface area (Å²) in [5.74, 6) is -0.552. The third-order valence-corrected chi connectivity index (χ3v) is 5.11. The van der Waals surface area contributed by atoms with Crippen LogP contribution in [0, 0.1) is 12.7 Å². The number of rotatable bonds is 5. The Morgan fingerprint density at radius 1 is 1.34 bits per heavy atom. The Kier molecular flexibility index (Phi) is 5.44. The average Bonchev–Trinajstić information content (AvgIpc) is 3.09. The van der Waals surface area contributed by atoms with E-state index in [1.54, 1.807) is 18.2 Å². The molecule has 0 unspecified atom stereocenters. The highest BCUT2D eigenvalue weighted by molar-refractivity contribution is 5.81. The van der Waals surface area contributed by atoms with Crippen LogP contribution in [0.15, 0.2) is 41.2 Å². The number of benzene rings is 1. The van der Waals surface area contributed by atoms with Gasteiger partial charge in [0.2, 0.25) is 5.91 Å². The highest BCUT2D eigenvalue weighted by atomic mass is 19.1. The monoisotopic (exact) mass is 398 g/mol. The molecule has 1 aromatic carbocycles. The molecule has 2 aromatic heterocycles. The van der Waals surface area contributed by atoms with Gasteiger partial charge in [-0.2, -0.15) is 0 Å². The molecule has 2 atom stereocenters. The number of carbonyl (C=O) groups is 1. The van der Waals surface area contributed by atoms with Gasteiger partial charge in [-0.25, -0.2) is 13.9 Å². The number of aryl methyl sites for hydroxylation is 1. The quantitative estimate of drug-likeness (QED) is 0.691.